The molecule has 1 heterocycles. The second kappa shape index (κ2) is 5.42. The lowest BCUT2D eigenvalue weighted by atomic mass is 10.3. The Bertz CT molecular complexity index is 417. The van der Waals surface area contributed by atoms with Crippen LogP contribution < -0.4 is 0 Å². The van der Waals surface area contributed by atoms with Crippen molar-refractivity contribution in [2.24, 2.45) is 0 Å². The summed E-state index contributed by atoms with van der Waals surface area (Å²) in [6, 6.07) is 2.84. The molecule has 1 amide bonds. The van der Waals surface area contributed by atoms with Crippen molar-refractivity contribution in [2.75, 3.05) is 13.6 Å². The van der Waals surface area contributed by atoms with Crippen LogP contribution in [0.5, 0.6) is 0 Å². The van der Waals surface area contributed by atoms with Crippen molar-refractivity contribution in [3.8, 4) is 0 Å². The first-order valence-electron chi connectivity index (χ1n) is 4.82. The number of nitrogens with zero attached hydrogens (tertiary/aromatic N) is 2. The summed E-state index contributed by atoms with van der Waals surface area (Å²) in [5, 5.41) is 8.52. The Balaban J connectivity index is 2.81. The fourth-order valence-corrected chi connectivity index (χ4v) is 1.39. The quantitative estimate of drug-likeness (QED) is 0.840. The van der Waals surface area contributed by atoms with E-state index in [1.807, 2.05) is 0 Å². The number of aromatic nitrogens is 1. The van der Waals surface area contributed by atoms with Gasteiger partial charge in [0.1, 0.15) is 12.2 Å². The first-order valence-corrected chi connectivity index (χ1v) is 4.82. The van der Waals surface area contributed by atoms with Crippen LogP contribution in [0.3, 0.4) is 0 Å². The third kappa shape index (κ3) is 3.54. The van der Waals surface area contributed by atoms with Crippen LogP contribution in [-0.2, 0) is 11.3 Å². The SMILES string of the molecule is CN(CC(=O)O)C(=O)c1cccn1CC(F)F. The van der Waals surface area contributed by atoms with E-state index in [1.54, 1.807) is 0 Å². The van der Waals surface area contributed by atoms with Crippen molar-refractivity contribution in [1.82, 2.24) is 9.47 Å². The van der Waals surface area contributed by atoms with E-state index in [4.69, 9.17) is 5.11 Å². The Morgan fingerprint density at radius 3 is 2.71 bits per heavy atom. The summed E-state index contributed by atoms with van der Waals surface area (Å²) in [6.07, 6.45) is -1.22. The molecule has 0 bridgehead atoms. The smallest absolute Gasteiger partial charge is 0.323 e. The number of amides is 1. The van der Waals surface area contributed by atoms with Crippen molar-refractivity contribution in [2.45, 2.75) is 13.0 Å². The molecule has 0 atom stereocenters. The van der Waals surface area contributed by atoms with Gasteiger partial charge in [-0.1, -0.05) is 0 Å². The van der Waals surface area contributed by atoms with Gasteiger partial charge < -0.3 is 14.6 Å². The number of carbonyl (C=O) groups is 2. The minimum Gasteiger partial charge on any atom is -0.480 e. The maximum absolute atomic E-state index is 12.2. The van der Waals surface area contributed by atoms with Gasteiger partial charge in [0.05, 0.1) is 6.54 Å². The molecule has 1 rings (SSSR count). The zero-order valence-corrected chi connectivity index (χ0v) is 9.14. The van der Waals surface area contributed by atoms with Crippen molar-refractivity contribution in [1.29, 1.82) is 0 Å². The van der Waals surface area contributed by atoms with Crippen LogP contribution >= 0.6 is 0 Å². The number of hydrogen-bond acceptors (Lipinski definition) is 2. The summed E-state index contributed by atoms with van der Waals surface area (Å²) < 4.78 is 25.5. The molecule has 0 unspecified atom stereocenters. The van der Waals surface area contributed by atoms with E-state index in [-0.39, 0.29) is 5.69 Å². The summed E-state index contributed by atoms with van der Waals surface area (Å²) in [5.74, 6) is -1.76. The summed E-state index contributed by atoms with van der Waals surface area (Å²) >= 11 is 0. The predicted octanol–water partition coefficient (Wildman–Crippen LogP) is 0.910. The molecule has 0 saturated carbocycles. The maximum atomic E-state index is 12.2. The second-order valence-corrected chi connectivity index (χ2v) is 3.49. The number of hydrogen-bond donors (Lipinski definition) is 1. The topological polar surface area (TPSA) is 62.5 Å². The number of carbonyl (C=O) groups excluding carboxylic acids is 1. The van der Waals surface area contributed by atoms with Gasteiger partial charge in [-0.05, 0) is 12.1 Å². The van der Waals surface area contributed by atoms with Gasteiger partial charge >= 0.3 is 5.97 Å². The number of likely N-dealkylation sites (N-methyl/N-ethyl adjacent to an activating group) is 1. The predicted molar refractivity (Wildman–Crippen MR) is 55.0 cm³/mol. The minimum absolute atomic E-state index is 0.0500. The Morgan fingerprint density at radius 2 is 2.18 bits per heavy atom. The maximum Gasteiger partial charge on any atom is 0.323 e. The summed E-state index contributed by atoms with van der Waals surface area (Å²) in [5.41, 5.74) is 0.0500. The normalized spacial score (nSPS) is 10.6. The molecule has 1 aromatic heterocycles. The lowest BCUT2D eigenvalue weighted by Gasteiger charge is -2.16. The fourth-order valence-electron chi connectivity index (χ4n) is 1.39. The number of aliphatic carboxylic acids is 1. The van der Waals surface area contributed by atoms with Gasteiger partial charge in [-0.15, -0.1) is 0 Å². The fraction of sp³-hybridized carbons (Fsp3) is 0.400. The highest BCUT2D eigenvalue weighted by Gasteiger charge is 2.18. The zero-order chi connectivity index (χ0) is 13.0. The molecule has 1 N–H and O–H groups in total. The molecule has 0 saturated heterocycles. The summed E-state index contributed by atoms with van der Waals surface area (Å²) in [7, 11) is 1.30. The molecule has 1 aromatic rings. The van der Waals surface area contributed by atoms with Gasteiger partial charge in [0, 0.05) is 13.2 Å². The molecule has 0 fully saturated rings. The van der Waals surface area contributed by atoms with Crippen LogP contribution in [0, 0.1) is 0 Å². The number of alkyl halides is 2. The highest BCUT2D eigenvalue weighted by molar-refractivity contribution is 5.94. The van der Waals surface area contributed by atoms with E-state index in [2.05, 4.69) is 0 Å². The Hall–Kier alpha value is -1.92. The molecule has 7 heteroatoms. The van der Waals surface area contributed by atoms with Gasteiger partial charge in [0.15, 0.2) is 0 Å². The molecule has 0 radical (unpaired) electrons. The third-order valence-corrected chi connectivity index (χ3v) is 2.10. The van der Waals surface area contributed by atoms with E-state index >= 15 is 0 Å². The Labute approximate surface area is 96.2 Å². The standard InChI is InChI=1S/C10H12F2N2O3/c1-13(6-9(15)16)10(17)7-3-2-4-14(7)5-8(11)12/h2-4,8H,5-6H2,1H3,(H,15,16). The van der Waals surface area contributed by atoms with Crippen LogP contribution in [0.1, 0.15) is 10.5 Å². The van der Waals surface area contributed by atoms with Crippen LogP contribution in [0.15, 0.2) is 18.3 Å². The van der Waals surface area contributed by atoms with Crippen LogP contribution in [0.25, 0.3) is 0 Å². The van der Waals surface area contributed by atoms with Gasteiger partial charge in [-0.2, -0.15) is 0 Å². The highest BCUT2D eigenvalue weighted by Crippen LogP contribution is 2.08. The lowest BCUT2D eigenvalue weighted by Crippen LogP contribution is -2.33. The molecule has 0 aliphatic rings. The number of carboxylic acid groups (broad SMARTS) is 1. The van der Waals surface area contributed by atoms with E-state index < -0.39 is 31.4 Å². The summed E-state index contributed by atoms with van der Waals surface area (Å²) in [6.45, 7) is -1.06. The molecular formula is C10H12F2N2O3. The Morgan fingerprint density at radius 1 is 1.53 bits per heavy atom. The summed E-state index contributed by atoms with van der Waals surface area (Å²) in [4.78, 5) is 23.1. The van der Waals surface area contributed by atoms with Crippen molar-refractivity contribution in [3.05, 3.63) is 24.0 Å². The molecule has 94 valence electrons. The average Bonchev–Trinajstić information content (AvgIpc) is 2.62. The zero-order valence-electron chi connectivity index (χ0n) is 9.14. The monoisotopic (exact) mass is 246 g/mol. The molecule has 0 aromatic carbocycles. The average molecular weight is 246 g/mol. The molecule has 0 aliphatic heterocycles. The van der Waals surface area contributed by atoms with Gasteiger partial charge in [0.2, 0.25) is 0 Å². The van der Waals surface area contributed by atoms with Crippen LogP contribution in [0.2, 0.25) is 0 Å². The Kier molecular flexibility index (Phi) is 4.19. The van der Waals surface area contributed by atoms with Crippen molar-refractivity contribution < 1.29 is 23.5 Å². The highest BCUT2D eigenvalue weighted by atomic mass is 19.3. The van der Waals surface area contributed by atoms with E-state index in [1.165, 1.54) is 25.4 Å². The molecule has 17 heavy (non-hydrogen) atoms. The van der Waals surface area contributed by atoms with Crippen LogP contribution in [-0.4, -0.2) is 46.5 Å². The van der Waals surface area contributed by atoms with Gasteiger partial charge in [0.25, 0.3) is 12.3 Å². The first-order chi connectivity index (χ1) is 7.91. The van der Waals surface area contributed by atoms with Gasteiger partial charge in [-0.25, -0.2) is 8.78 Å². The molecule has 0 aliphatic carbocycles. The van der Waals surface area contributed by atoms with Crippen molar-refractivity contribution >= 4 is 11.9 Å². The molecule has 5 nitrogen and oxygen atoms in total. The second-order valence-electron chi connectivity index (χ2n) is 3.49. The number of carboxylic acids is 1. The lowest BCUT2D eigenvalue weighted by molar-refractivity contribution is -0.137. The number of rotatable bonds is 5. The third-order valence-electron chi connectivity index (χ3n) is 2.10. The van der Waals surface area contributed by atoms with E-state index in [0.717, 1.165) is 9.47 Å². The van der Waals surface area contributed by atoms with Crippen LogP contribution in [0.4, 0.5) is 8.78 Å². The molecule has 0 spiro atoms. The van der Waals surface area contributed by atoms with Gasteiger partial charge in [-0.3, -0.25) is 9.59 Å². The largest absolute Gasteiger partial charge is 0.480 e. The van der Waals surface area contributed by atoms with E-state index in [0.29, 0.717) is 0 Å². The minimum atomic E-state index is -2.57. The van der Waals surface area contributed by atoms with Crippen molar-refractivity contribution in [3.63, 3.8) is 0 Å². The van der Waals surface area contributed by atoms with E-state index in [9.17, 15) is 18.4 Å². The molecular weight excluding hydrogens is 234 g/mol. The first kappa shape index (κ1) is 13.1. The number of halogens is 2.